The highest BCUT2D eigenvalue weighted by Gasteiger charge is 2.31. The zero-order chi connectivity index (χ0) is 22.1. The van der Waals surface area contributed by atoms with Gasteiger partial charge in [0.2, 0.25) is 0 Å². The quantitative estimate of drug-likeness (QED) is 0.647. The first kappa shape index (κ1) is 20.7. The summed E-state index contributed by atoms with van der Waals surface area (Å²) in [6.07, 6.45) is -4.56. The van der Waals surface area contributed by atoms with Gasteiger partial charge in [0.1, 0.15) is 23.2 Å². The predicted octanol–water partition coefficient (Wildman–Crippen LogP) is 4.60. The van der Waals surface area contributed by atoms with E-state index in [1.165, 1.54) is 13.2 Å². The second kappa shape index (κ2) is 7.75. The smallest absolute Gasteiger partial charge is 0.416 e. The number of nitrogen functional groups attached to an aromatic ring is 1. The van der Waals surface area contributed by atoms with Crippen LogP contribution in [-0.4, -0.2) is 23.2 Å². The Labute approximate surface area is 169 Å². The Balaban J connectivity index is 2.35. The third-order valence-electron chi connectivity index (χ3n) is 4.39. The molecule has 0 unspecified atom stereocenters. The molecule has 0 saturated heterocycles. The largest absolute Gasteiger partial charge is 0.497 e. The van der Waals surface area contributed by atoms with E-state index in [2.05, 4.69) is 4.98 Å². The molecule has 0 fully saturated rings. The molecule has 0 aliphatic rings. The fourth-order valence-corrected chi connectivity index (χ4v) is 3.02. The summed E-state index contributed by atoms with van der Waals surface area (Å²) in [5.41, 5.74) is 4.72. The van der Waals surface area contributed by atoms with Gasteiger partial charge in [0, 0.05) is 11.1 Å². The maximum atomic E-state index is 12.9. The number of hydrogen-bond donors (Lipinski definition) is 2. The van der Waals surface area contributed by atoms with Crippen molar-refractivity contribution in [2.75, 3.05) is 12.8 Å². The number of halogens is 3. The molecule has 1 heterocycles. The molecule has 2 aromatic carbocycles. The number of ether oxygens (including phenoxy) is 1. The molecule has 0 atom stereocenters. The van der Waals surface area contributed by atoms with Crippen molar-refractivity contribution in [1.29, 1.82) is 5.26 Å². The van der Waals surface area contributed by atoms with Gasteiger partial charge in [-0.25, -0.2) is 9.78 Å². The van der Waals surface area contributed by atoms with Crippen molar-refractivity contribution in [2.45, 2.75) is 6.18 Å². The lowest BCUT2D eigenvalue weighted by atomic mass is 9.91. The lowest BCUT2D eigenvalue weighted by Gasteiger charge is -2.16. The number of benzene rings is 2. The average Bonchev–Trinajstić information content (AvgIpc) is 2.72. The van der Waals surface area contributed by atoms with Crippen LogP contribution in [0, 0.1) is 11.3 Å². The first-order chi connectivity index (χ1) is 14.2. The van der Waals surface area contributed by atoms with Crippen LogP contribution < -0.4 is 10.5 Å². The molecule has 0 amide bonds. The monoisotopic (exact) mass is 413 g/mol. The fraction of sp³-hybridized carbons (Fsp3) is 0.0952. The number of hydrogen-bond acceptors (Lipinski definition) is 5. The van der Waals surface area contributed by atoms with E-state index in [1.807, 2.05) is 0 Å². The van der Waals surface area contributed by atoms with E-state index >= 15 is 0 Å². The summed E-state index contributed by atoms with van der Waals surface area (Å²) in [6.45, 7) is 0. The van der Waals surface area contributed by atoms with E-state index in [-0.39, 0.29) is 33.8 Å². The summed E-state index contributed by atoms with van der Waals surface area (Å²) in [7, 11) is 1.44. The van der Waals surface area contributed by atoms with Crippen LogP contribution in [0.1, 0.15) is 21.5 Å². The van der Waals surface area contributed by atoms with Crippen LogP contribution in [0.25, 0.3) is 22.4 Å². The molecule has 0 radical (unpaired) electrons. The van der Waals surface area contributed by atoms with E-state index in [1.54, 1.807) is 24.3 Å². The number of anilines is 1. The minimum Gasteiger partial charge on any atom is -0.497 e. The van der Waals surface area contributed by atoms with Crippen molar-refractivity contribution in [2.24, 2.45) is 0 Å². The number of rotatable bonds is 4. The molecule has 1 aromatic heterocycles. The van der Waals surface area contributed by atoms with Gasteiger partial charge in [0.15, 0.2) is 0 Å². The number of alkyl halides is 3. The predicted molar refractivity (Wildman–Crippen MR) is 103 cm³/mol. The topological polar surface area (TPSA) is 109 Å². The summed E-state index contributed by atoms with van der Waals surface area (Å²) in [4.78, 5) is 16.2. The highest BCUT2D eigenvalue weighted by atomic mass is 19.4. The number of nitrogens with two attached hydrogens (primary N) is 1. The Kier molecular flexibility index (Phi) is 5.34. The molecular formula is C21H14F3N3O3. The molecule has 9 heteroatoms. The Morgan fingerprint density at radius 3 is 2.37 bits per heavy atom. The Morgan fingerprint density at radius 2 is 1.83 bits per heavy atom. The molecule has 0 aliphatic heterocycles. The van der Waals surface area contributed by atoms with E-state index in [4.69, 9.17) is 10.5 Å². The van der Waals surface area contributed by atoms with E-state index in [0.717, 1.165) is 24.3 Å². The number of carboxylic acid groups (broad SMARTS) is 1. The zero-order valence-electron chi connectivity index (χ0n) is 15.5. The van der Waals surface area contributed by atoms with Gasteiger partial charge in [0.25, 0.3) is 0 Å². The highest BCUT2D eigenvalue weighted by Crippen LogP contribution is 2.38. The van der Waals surface area contributed by atoms with Crippen molar-refractivity contribution >= 4 is 11.8 Å². The first-order valence-electron chi connectivity index (χ1n) is 8.46. The fourth-order valence-electron chi connectivity index (χ4n) is 3.02. The van der Waals surface area contributed by atoms with Crippen LogP contribution in [-0.2, 0) is 6.18 Å². The number of nitriles is 1. The molecule has 0 spiro atoms. The Hall–Kier alpha value is -4.06. The Morgan fingerprint density at radius 1 is 1.17 bits per heavy atom. The third-order valence-corrected chi connectivity index (χ3v) is 4.39. The molecule has 30 heavy (non-hydrogen) atoms. The number of nitrogens with zero attached hydrogens (tertiary/aromatic N) is 2. The number of carbonyl (C=O) groups is 1. The van der Waals surface area contributed by atoms with Gasteiger partial charge in [-0.3, -0.25) is 0 Å². The summed E-state index contributed by atoms with van der Waals surface area (Å²) in [5, 5.41) is 19.4. The molecule has 0 bridgehead atoms. The summed E-state index contributed by atoms with van der Waals surface area (Å²) in [5.74, 6) is -1.22. The van der Waals surface area contributed by atoms with Crippen LogP contribution in [0.2, 0.25) is 0 Å². The second-order valence-electron chi connectivity index (χ2n) is 6.19. The normalized spacial score (nSPS) is 11.0. The van der Waals surface area contributed by atoms with Gasteiger partial charge in [0.05, 0.1) is 23.9 Å². The van der Waals surface area contributed by atoms with Crippen LogP contribution in [0.3, 0.4) is 0 Å². The van der Waals surface area contributed by atoms with E-state index in [9.17, 15) is 28.3 Å². The molecule has 0 saturated carbocycles. The summed E-state index contributed by atoms with van der Waals surface area (Å²) in [6, 6.07) is 12.0. The number of pyridine rings is 1. The maximum absolute atomic E-state index is 12.9. The van der Waals surface area contributed by atoms with Crippen LogP contribution >= 0.6 is 0 Å². The highest BCUT2D eigenvalue weighted by molar-refractivity contribution is 6.04. The average molecular weight is 413 g/mol. The number of aromatic nitrogens is 1. The van der Waals surface area contributed by atoms with Crippen molar-refractivity contribution < 1.29 is 27.8 Å². The summed E-state index contributed by atoms with van der Waals surface area (Å²) >= 11 is 0. The molecule has 3 rings (SSSR count). The van der Waals surface area contributed by atoms with Crippen LogP contribution in [0.15, 0.2) is 48.5 Å². The number of aromatic carboxylic acids is 1. The first-order valence-corrected chi connectivity index (χ1v) is 8.46. The van der Waals surface area contributed by atoms with E-state index < -0.39 is 17.7 Å². The molecule has 3 N–H and O–H groups in total. The second-order valence-corrected chi connectivity index (χ2v) is 6.19. The van der Waals surface area contributed by atoms with Gasteiger partial charge >= 0.3 is 12.1 Å². The van der Waals surface area contributed by atoms with Crippen molar-refractivity contribution in [1.82, 2.24) is 4.98 Å². The molecule has 6 nitrogen and oxygen atoms in total. The summed E-state index contributed by atoms with van der Waals surface area (Å²) < 4.78 is 43.9. The van der Waals surface area contributed by atoms with Crippen LogP contribution in [0.4, 0.5) is 19.0 Å². The maximum Gasteiger partial charge on any atom is 0.416 e. The SMILES string of the molecule is COc1cccc(-c2nc(N)c(C#N)c(-c3ccc(C(F)(F)F)cc3)c2C(=O)O)c1. The third kappa shape index (κ3) is 3.75. The van der Waals surface area contributed by atoms with Gasteiger partial charge in [-0.15, -0.1) is 0 Å². The van der Waals surface area contributed by atoms with Gasteiger partial charge < -0.3 is 15.6 Å². The van der Waals surface area contributed by atoms with Gasteiger partial charge in [-0.2, -0.15) is 18.4 Å². The van der Waals surface area contributed by atoms with Gasteiger partial charge in [-0.05, 0) is 29.8 Å². The number of carboxylic acids is 1. The minimum atomic E-state index is -4.56. The molecule has 3 aromatic rings. The molecule has 152 valence electrons. The van der Waals surface area contributed by atoms with Crippen molar-refractivity contribution in [3.8, 4) is 34.2 Å². The minimum absolute atomic E-state index is 0.0344. The van der Waals surface area contributed by atoms with Crippen molar-refractivity contribution in [3.63, 3.8) is 0 Å². The lowest BCUT2D eigenvalue weighted by molar-refractivity contribution is -0.137. The lowest BCUT2D eigenvalue weighted by Crippen LogP contribution is -2.10. The zero-order valence-corrected chi connectivity index (χ0v) is 15.5. The Bertz CT molecular complexity index is 1170. The number of methoxy groups -OCH3 is 1. The molecular weight excluding hydrogens is 399 g/mol. The van der Waals surface area contributed by atoms with Gasteiger partial charge in [-0.1, -0.05) is 24.3 Å². The van der Waals surface area contributed by atoms with Crippen molar-refractivity contribution in [3.05, 3.63) is 65.2 Å². The standard InChI is InChI=1S/C21H14F3N3O3/c1-30-14-4-2-3-12(9-14)18-17(20(28)29)16(15(10-25)19(26)27-18)11-5-7-13(8-6-11)21(22,23)24/h2-9H,1H3,(H2,26,27)(H,28,29). The van der Waals surface area contributed by atoms with Crippen LogP contribution in [0.5, 0.6) is 5.75 Å². The molecule has 0 aliphatic carbocycles. The van der Waals surface area contributed by atoms with E-state index in [0.29, 0.717) is 11.3 Å².